The van der Waals surface area contributed by atoms with Crippen LogP contribution in [-0.4, -0.2) is 0 Å². The molecular weight excluding hydrogens is 675 g/mol. The number of fused-ring (bicyclic) bond motifs is 3. The Hall–Kier alpha value is -4.88. The van der Waals surface area contributed by atoms with Crippen LogP contribution in [0.25, 0.3) is 33.4 Å². The first-order chi connectivity index (χ1) is 27.5. The summed E-state index contributed by atoms with van der Waals surface area (Å²) in [5.74, 6) is 5.17. The van der Waals surface area contributed by atoms with Crippen molar-refractivity contribution in [3.05, 3.63) is 162 Å². The van der Waals surface area contributed by atoms with Crippen LogP contribution in [0.3, 0.4) is 0 Å². The summed E-state index contributed by atoms with van der Waals surface area (Å²) in [5, 5.41) is 0. The van der Waals surface area contributed by atoms with E-state index in [1.807, 2.05) is 0 Å². The zero-order valence-corrected chi connectivity index (χ0v) is 33.3. The molecule has 0 heterocycles. The predicted octanol–water partition coefficient (Wildman–Crippen LogP) is 15.4. The minimum atomic E-state index is -0.158. The smallest absolute Gasteiger partial charge is 0.0543 e. The molecule has 6 aliphatic rings. The first kappa shape index (κ1) is 34.4. The quantitative estimate of drug-likeness (QED) is 0.158. The normalized spacial score (nSPS) is 24.5. The molecule has 6 aromatic rings. The molecule has 56 heavy (non-hydrogen) atoms. The molecule has 6 aromatic carbocycles. The van der Waals surface area contributed by atoms with Crippen molar-refractivity contribution in [1.82, 2.24) is 0 Å². The van der Waals surface area contributed by atoms with E-state index in [1.54, 1.807) is 5.56 Å². The fourth-order valence-electron chi connectivity index (χ4n) is 12.9. The van der Waals surface area contributed by atoms with Gasteiger partial charge < -0.3 is 4.90 Å². The van der Waals surface area contributed by atoms with Gasteiger partial charge in [-0.3, -0.25) is 0 Å². The van der Waals surface area contributed by atoms with Gasteiger partial charge in [0.2, 0.25) is 0 Å². The van der Waals surface area contributed by atoms with Crippen molar-refractivity contribution in [2.45, 2.75) is 95.3 Å². The van der Waals surface area contributed by atoms with Crippen LogP contribution in [0.2, 0.25) is 0 Å². The van der Waals surface area contributed by atoms with Crippen molar-refractivity contribution < 1.29 is 0 Å². The molecule has 1 heteroatoms. The minimum Gasteiger partial charge on any atom is -0.310 e. The third-order valence-electron chi connectivity index (χ3n) is 15.2. The maximum absolute atomic E-state index is 2.59. The van der Waals surface area contributed by atoms with E-state index in [0.29, 0.717) is 5.92 Å². The molecule has 12 rings (SSSR count). The Bertz CT molecular complexity index is 2330. The zero-order valence-electron chi connectivity index (χ0n) is 33.3. The van der Waals surface area contributed by atoms with Gasteiger partial charge in [-0.2, -0.15) is 0 Å². The molecule has 0 radical (unpaired) electrons. The highest BCUT2D eigenvalue weighted by Crippen LogP contribution is 2.60. The van der Waals surface area contributed by atoms with E-state index in [4.69, 9.17) is 0 Å². The molecule has 5 saturated carbocycles. The van der Waals surface area contributed by atoms with Gasteiger partial charge >= 0.3 is 0 Å². The summed E-state index contributed by atoms with van der Waals surface area (Å²) < 4.78 is 0. The van der Waals surface area contributed by atoms with E-state index in [-0.39, 0.29) is 5.41 Å². The van der Waals surface area contributed by atoms with Crippen molar-refractivity contribution in [2.24, 2.45) is 23.7 Å². The van der Waals surface area contributed by atoms with E-state index in [1.165, 1.54) is 131 Å². The zero-order chi connectivity index (χ0) is 37.4. The molecule has 0 N–H and O–H groups in total. The molecule has 5 fully saturated rings. The maximum atomic E-state index is 2.59. The number of hydrogen-bond donors (Lipinski definition) is 0. The number of anilines is 3. The van der Waals surface area contributed by atoms with Crippen molar-refractivity contribution >= 4 is 17.1 Å². The van der Waals surface area contributed by atoms with Gasteiger partial charge in [-0.15, -0.1) is 0 Å². The van der Waals surface area contributed by atoms with Gasteiger partial charge in [0.1, 0.15) is 0 Å². The van der Waals surface area contributed by atoms with E-state index in [9.17, 15) is 0 Å². The SMILES string of the molecule is CC1(C)c2ccccc2-c2ccc(N(c3ccc(C4CCCCC4)cc3)c3ccc(C4C5CC6CC(C5)CC4C6)cc3)c(-c3ccc(-c4ccccc4)cc3)c21. The number of nitrogens with zero attached hydrogens (tertiary/aromatic N) is 1. The lowest BCUT2D eigenvalue weighted by Crippen LogP contribution is -2.43. The van der Waals surface area contributed by atoms with Crippen molar-refractivity contribution in [3.8, 4) is 33.4 Å². The Morgan fingerprint density at radius 2 is 1.05 bits per heavy atom. The molecule has 0 aliphatic heterocycles. The van der Waals surface area contributed by atoms with Gasteiger partial charge in [0.05, 0.1) is 5.69 Å². The Labute approximate surface area is 334 Å². The van der Waals surface area contributed by atoms with E-state index < -0.39 is 0 Å². The van der Waals surface area contributed by atoms with Crippen LogP contribution in [0, 0.1) is 23.7 Å². The second-order valence-electron chi connectivity index (χ2n) is 18.8. The predicted molar refractivity (Wildman–Crippen MR) is 235 cm³/mol. The molecule has 6 aliphatic carbocycles. The Morgan fingerprint density at radius 3 is 1.71 bits per heavy atom. The van der Waals surface area contributed by atoms with Gasteiger partial charge in [0.25, 0.3) is 0 Å². The number of hydrogen-bond acceptors (Lipinski definition) is 1. The van der Waals surface area contributed by atoms with Crippen LogP contribution in [-0.2, 0) is 5.41 Å². The van der Waals surface area contributed by atoms with Gasteiger partial charge in [0, 0.05) is 22.4 Å². The highest BCUT2D eigenvalue weighted by Gasteiger charge is 2.48. The number of benzene rings is 6. The average Bonchev–Trinajstić information content (AvgIpc) is 3.48. The van der Waals surface area contributed by atoms with E-state index in [2.05, 4.69) is 158 Å². The molecule has 0 saturated heterocycles. The monoisotopic (exact) mass is 729 g/mol. The Balaban J connectivity index is 1.07. The fraction of sp³-hybridized carbons (Fsp3) is 0.345. The lowest BCUT2D eigenvalue weighted by atomic mass is 9.51. The van der Waals surface area contributed by atoms with Gasteiger partial charge in [-0.25, -0.2) is 0 Å². The first-order valence-electron chi connectivity index (χ1n) is 21.9. The minimum absolute atomic E-state index is 0.158. The molecule has 0 atom stereocenters. The molecule has 0 unspecified atom stereocenters. The highest BCUT2D eigenvalue weighted by atomic mass is 15.1. The summed E-state index contributed by atoms with van der Waals surface area (Å²) in [6.45, 7) is 4.87. The average molecular weight is 730 g/mol. The summed E-state index contributed by atoms with van der Waals surface area (Å²) in [5.41, 5.74) is 17.4. The summed E-state index contributed by atoms with van der Waals surface area (Å²) in [7, 11) is 0. The van der Waals surface area contributed by atoms with E-state index >= 15 is 0 Å². The summed E-state index contributed by atoms with van der Waals surface area (Å²) in [4.78, 5) is 2.59. The highest BCUT2D eigenvalue weighted by molar-refractivity contribution is 5.97. The second kappa shape index (κ2) is 13.7. The number of rotatable bonds is 7. The maximum Gasteiger partial charge on any atom is 0.0543 e. The third-order valence-corrected chi connectivity index (χ3v) is 15.2. The van der Waals surface area contributed by atoms with Crippen LogP contribution < -0.4 is 4.90 Å². The second-order valence-corrected chi connectivity index (χ2v) is 18.8. The van der Waals surface area contributed by atoms with Crippen molar-refractivity contribution in [2.75, 3.05) is 4.90 Å². The first-order valence-corrected chi connectivity index (χ1v) is 21.9. The van der Waals surface area contributed by atoms with Gasteiger partial charge in [-0.05, 0) is 161 Å². The largest absolute Gasteiger partial charge is 0.310 e. The van der Waals surface area contributed by atoms with Gasteiger partial charge in [0.15, 0.2) is 0 Å². The topological polar surface area (TPSA) is 3.24 Å². The molecule has 0 aromatic heterocycles. The molecule has 4 bridgehead atoms. The van der Waals surface area contributed by atoms with E-state index in [0.717, 1.165) is 29.6 Å². The Morgan fingerprint density at radius 1 is 0.482 bits per heavy atom. The molecule has 0 amide bonds. The lowest BCUT2D eigenvalue weighted by molar-refractivity contribution is -0.00277. The fourth-order valence-corrected chi connectivity index (χ4v) is 12.9. The summed E-state index contributed by atoms with van der Waals surface area (Å²) in [6.07, 6.45) is 14.1. The summed E-state index contributed by atoms with van der Waals surface area (Å²) >= 11 is 0. The third kappa shape index (κ3) is 5.71. The van der Waals surface area contributed by atoms with Crippen LogP contribution in [0.5, 0.6) is 0 Å². The lowest BCUT2D eigenvalue weighted by Gasteiger charge is -2.54. The van der Waals surface area contributed by atoms with Gasteiger partial charge in [-0.1, -0.05) is 142 Å². The summed E-state index contributed by atoms with van der Waals surface area (Å²) in [6, 6.07) is 53.9. The molecule has 1 nitrogen and oxygen atoms in total. The van der Waals surface area contributed by atoms with Crippen LogP contribution in [0.4, 0.5) is 17.1 Å². The molecule has 0 spiro atoms. The van der Waals surface area contributed by atoms with Crippen LogP contribution in [0.15, 0.2) is 140 Å². The van der Waals surface area contributed by atoms with Crippen LogP contribution in [0.1, 0.15) is 112 Å². The molecular formula is C55H55N. The Kier molecular flexibility index (Phi) is 8.38. The van der Waals surface area contributed by atoms with Crippen molar-refractivity contribution in [3.63, 3.8) is 0 Å². The standard InChI is InChI=1S/C55H55N/c1-55(2)50-16-10-9-15-48(50)49-29-30-51(53(54(49)55)43-19-17-40(18-20-43)38-11-5-3-6-12-38)56(46-25-21-41(22-26-46)39-13-7-4-8-14-39)47-27-23-42(24-28-47)52-44-32-36-31-37(34-44)35-45(52)33-36/h3,5-6,9-12,15-30,36-37,39,44-45,52H,4,7-8,13-14,31-35H2,1-2H3. The van der Waals surface area contributed by atoms with Crippen molar-refractivity contribution in [1.29, 1.82) is 0 Å². The van der Waals surface area contributed by atoms with Crippen LogP contribution >= 0.6 is 0 Å². The molecule has 280 valence electrons.